The van der Waals surface area contributed by atoms with Crippen LogP contribution in [0.3, 0.4) is 0 Å². The first-order chi connectivity index (χ1) is 9.43. The number of aromatic nitrogens is 2. The Morgan fingerprint density at radius 1 is 1.45 bits per heavy atom. The zero-order chi connectivity index (χ0) is 14.8. The lowest BCUT2D eigenvalue weighted by Crippen LogP contribution is -2.26. The second-order valence-corrected chi connectivity index (χ2v) is 6.42. The Bertz CT molecular complexity index is 759. The highest BCUT2D eigenvalue weighted by molar-refractivity contribution is 7.89. The van der Waals surface area contributed by atoms with Gasteiger partial charge in [-0.2, -0.15) is 9.57 Å². The van der Waals surface area contributed by atoms with Crippen molar-refractivity contribution in [3.63, 3.8) is 0 Å². The molecule has 0 fully saturated rings. The Labute approximate surface area is 117 Å². The van der Waals surface area contributed by atoms with Crippen molar-refractivity contribution in [3.05, 3.63) is 47.4 Å². The predicted octanol–water partition coefficient (Wildman–Crippen LogP) is 1.41. The van der Waals surface area contributed by atoms with Gasteiger partial charge in [0.15, 0.2) is 5.03 Å². The van der Waals surface area contributed by atoms with Crippen LogP contribution in [0.4, 0.5) is 0 Å². The third-order valence-corrected chi connectivity index (χ3v) is 4.54. The maximum atomic E-state index is 12.3. The van der Waals surface area contributed by atoms with Crippen LogP contribution in [0.5, 0.6) is 0 Å². The van der Waals surface area contributed by atoms with Crippen molar-refractivity contribution in [3.8, 4) is 6.07 Å². The van der Waals surface area contributed by atoms with Crippen molar-refractivity contribution in [2.24, 2.45) is 0 Å². The number of hydrogen-bond acceptors (Lipinski definition) is 4. The van der Waals surface area contributed by atoms with Gasteiger partial charge >= 0.3 is 0 Å². The molecule has 7 heteroatoms. The monoisotopic (exact) mass is 290 g/mol. The topological polar surface area (TPSA) is 89.8 Å². The van der Waals surface area contributed by atoms with Crippen LogP contribution >= 0.6 is 0 Å². The van der Waals surface area contributed by atoms with E-state index in [0.717, 1.165) is 5.56 Å². The number of aryl methyl sites for hydroxylation is 1. The smallest absolute Gasteiger partial charge is 0.260 e. The van der Waals surface area contributed by atoms with Gasteiger partial charge in [-0.15, -0.1) is 0 Å². The summed E-state index contributed by atoms with van der Waals surface area (Å²) >= 11 is 0. The molecule has 6 nitrogen and oxygen atoms in total. The van der Waals surface area contributed by atoms with E-state index in [1.807, 2.05) is 6.07 Å². The van der Waals surface area contributed by atoms with Gasteiger partial charge < -0.3 is 4.98 Å². The summed E-state index contributed by atoms with van der Waals surface area (Å²) in [6, 6.07) is 8.89. The SMILES string of the molecule is Cc1ncc(S(=O)(=O)N(C)Cc2cccc(C#N)c2)[nH]1. The number of nitrogens with one attached hydrogen (secondary N) is 1. The zero-order valence-corrected chi connectivity index (χ0v) is 12.0. The van der Waals surface area contributed by atoms with Gasteiger partial charge in [-0.25, -0.2) is 13.4 Å². The molecular formula is C13H14N4O2S. The van der Waals surface area contributed by atoms with Crippen LogP contribution in [0.2, 0.25) is 0 Å². The lowest BCUT2D eigenvalue weighted by atomic mass is 10.1. The van der Waals surface area contributed by atoms with Gasteiger partial charge in [0.25, 0.3) is 10.0 Å². The summed E-state index contributed by atoms with van der Waals surface area (Å²) in [5, 5.41) is 8.91. The van der Waals surface area contributed by atoms with Crippen LogP contribution in [0.15, 0.2) is 35.5 Å². The third kappa shape index (κ3) is 2.87. The zero-order valence-electron chi connectivity index (χ0n) is 11.2. The summed E-state index contributed by atoms with van der Waals surface area (Å²) in [6.07, 6.45) is 1.30. The molecule has 0 spiro atoms. The van der Waals surface area contributed by atoms with E-state index in [-0.39, 0.29) is 11.6 Å². The lowest BCUT2D eigenvalue weighted by Gasteiger charge is -2.16. The van der Waals surface area contributed by atoms with Gasteiger partial charge in [0.05, 0.1) is 17.8 Å². The number of nitrogens with zero attached hydrogens (tertiary/aromatic N) is 3. The summed E-state index contributed by atoms with van der Waals surface area (Å²) in [5.41, 5.74) is 1.26. The number of imidazole rings is 1. The van der Waals surface area contributed by atoms with Gasteiger partial charge in [-0.1, -0.05) is 12.1 Å². The van der Waals surface area contributed by atoms with E-state index in [4.69, 9.17) is 5.26 Å². The standard InChI is InChI=1S/C13H14N4O2S/c1-10-15-8-13(16-10)20(18,19)17(2)9-12-5-3-4-11(6-12)7-14/h3-6,8H,9H2,1-2H3,(H,15,16). The molecule has 2 rings (SSSR count). The molecule has 1 heterocycles. The van der Waals surface area contributed by atoms with E-state index < -0.39 is 10.0 Å². The molecule has 2 aromatic rings. The number of aromatic amines is 1. The second kappa shape index (κ2) is 5.45. The fourth-order valence-corrected chi connectivity index (χ4v) is 2.90. The summed E-state index contributed by atoms with van der Waals surface area (Å²) in [4.78, 5) is 6.61. The first kappa shape index (κ1) is 14.2. The Balaban J connectivity index is 2.23. The van der Waals surface area contributed by atoms with Crippen LogP contribution in [0, 0.1) is 18.3 Å². The summed E-state index contributed by atoms with van der Waals surface area (Å²) in [6.45, 7) is 1.88. The highest BCUT2D eigenvalue weighted by atomic mass is 32.2. The Morgan fingerprint density at radius 2 is 2.20 bits per heavy atom. The fraction of sp³-hybridized carbons (Fsp3) is 0.231. The average Bonchev–Trinajstić information content (AvgIpc) is 2.86. The minimum Gasteiger partial charge on any atom is -0.332 e. The Hall–Kier alpha value is -2.17. The summed E-state index contributed by atoms with van der Waals surface area (Å²) < 4.78 is 25.8. The molecule has 0 unspecified atom stereocenters. The van der Waals surface area contributed by atoms with Gasteiger partial charge in [0.2, 0.25) is 0 Å². The van der Waals surface area contributed by atoms with E-state index in [0.29, 0.717) is 11.4 Å². The van der Waals surface area contributed by atoms with E-state index in [9.17, 15) is 8.42 Å². The van der Waals surface area contributed by atoms with Crippen molar-refractivity contribution < 1.29 is 8.42 Å². The maximum Gasteiger partial charge on any atom is 0.260 e. The van der Waals surface area contributed by atoms with Gasteiger partial charge in [-0.3, -0.25) is 0 Å². The molecular weight excluding hydrogens is 276 g/mol. The highest BCUT2D eigenvalue weighted by Crippen LogP contribution is 2.15. The van der Waals surface area contributed by atoms with E-state index >= 15 is 0 Å². The number of hydrogen-bond donors (Lipinski definition) is 1. The molecule has 104 valence electrons. The minimum absolute atomic E-state index is 0.0638. The summed E-state index contributed by atoms with van der Waals surface area (Å²) in [5.74, 6) is 0.545. The number of nitriles is 1. The quantitative estimate of drug-likeness (QED) is 0.921. The van der Waals surface area contributed by atoms with Crippen molar-refractivity contribution >= 4 is 10.0 Å². The van der Waals surface area contributed by atoms with Gasteiger partial charge in [0, 0.05) is 13.6 Å². The lowest BCUT2D eigenvalue weighted by molar-refractivity contribution is 0.464. The fourth-order valence-electron chi connectivity index (χ4n) is 1.78. The van der Waals surface area contributed by atoms with Gasteiger partial charge in [-0.05, 0) is 24.6 Å². The molecule has 0 bridgehead atoms. The molecule has 0 amide bonds. The molecule has 0 aliphatic rings. The molecule has 0 aliphatic carbocycles. The third-order valence-electron chi connectivity index (χ3n) is 2.83. The van der Waals surface area contributed by atoms with Crippen LogP contribution in [0.1, 0.15) is 17.0 Å². The Kier molecular flexibility index (Phi) is 3.88. The van der Waals surface area contributed by atoms with Crippen molar-refractivity contribution in [2.45, 2.75) is 18.5 Å². The average molecular weight is 290 g/mol. The van der Waals surface area contributed by atoms with E-state index in [2.05, 4.69) is 9.97 Å². The number of sulfonamides is 1. The van der Waals surface area contributed by atoms with Crippen LogP contribution in [-0.2, 0) is 16.6 Å². The van der Waals surface area contributed by atoms with Crippen molar-refractivity contribution in [1.82, 2.24) is 14.3 Å². The second-order valence-electron chi connectivity index (χ2n) is 4.41. The molecule has 1 N–H and O–H groups in total. The number of H-pyrrole nitrogens is 1. The van der Waals surface area contributed by atoms with Crippen LogP contribution < -0.4 is 0 Å². The molecule has 20 heavy (non-hydrogen) atoms. The van der Waals surface area contributed by atoms with E-state index in [1.165, 1.54) is 17.5 Å². The predicted molar refractivity (Wildman–Crippen MR) is 73.1 cm³/mol. The molecule has 1 aromatic carbocycles. The van der Waals surface area contributed by atoms with Crippen LogP contribution in [-0.4, -0.2) is 29.7 Å². The molecule has 0 saturated heterocycles. The number of benzene rings is 1. The summed E-state index contributed by atoms with van der Waals surface area (Å²) in [7, 11) is -2.11. The van der Waals surface area contributed by atoms with E-state index in [1.54, 1.807) is 31.2 Å². The van der Waals surface area contributed by atoms with Crippen molar-refractivity contribution in [2.75, 3.05) is 7.05 Å². The molecule has 0 saturated carbocycles. The maximum absolute atomic E-state index is 12.3. The molecule has 0 radical (unpaired) electrons. The molecule has 0 atom stereocenters. The highest BCUT2D eigenvalue weighted by Gasteiger charge is 2.22. The van der Waals surface area contributed by atoms with Gasteiger partial charge in [0.1, 0.15) is 5.82 Å². The number of rotatable bonds is 4. The first-order valence-electron chi connectivity index (χ1n) is 5.90. The molecule has 1 aromatic heterocycles. The van der Waals surface area contributed by atoms with Crippen molar-refractivity contribution in [1.29, 1.82) is 5.26 Å². The minimum atomic E-state index is -3.60. The largest absolute Gasteiger partial charge is 0.332 e. The normalized spacial score (nSPS) is 11.5. The first-order valence-corrected chi connectivity index (χ1v) is 7.34. The molecule has 0 aliphatic heterocycles. The Morgan fingerprint density at radius 3 is 2.80 bits per heavy atom. The van der Waals surface area contributed by atoms with Crippen LogP contribution in [0.25, 0.3) is 0 Å².